The molecule has 0 amide bonds. The van der Waals surface area contributed by atoms with Gasteiger partial charge in [0.05, 0.1) is 24.1 Å². The topological polar surface area (TPSA) is 58.9 Å². The summed E-state index contributed by atoms with van der Waals surface area (Å²) in [5.41, 5.74) is 4.50. The molecular weight excluding hydrogens is 661 g/mol. The lowest BCUT2D eigenvalue weighted by Crippen LogP contribution is -2.23. The number of ether oxygens (including phenoxy) is 2. The van der Waals surface area contributed by atoms with Crippen molar-refractivity contribution in [2.75, 3.05) is 27.4 Å². The third kappa shape index (κ3) is 15.7. The first-order valence-electron chi connectivity index (χ1n) is 18.1. The van der Waals surface area contributed by atoms with Gasteiger partial charge in [-0.1, -0.05) is 125 Å². The minimum absolute atomic E-state index is 0.0229. The predicted octanol–water partition coefficient (Wildman–Crippen LogP) is 11.7. The van der Waals surface area contributed by atoms with Gasteiger partial charge in [-0.3, -0.25) is 0 Å². The minimum atomic E-state index is -0.0229. The molecule has 4 nitrogen and oxygen atoms in total. The molecule has 0 saturated carbocycles. The van der Waals surface area contributed by atoms with Crippen LogP contribution < -0.4 is 9.47 Å². The number of benzene rings is 5. The van der Waals surface area contributed by atoms with Crippen LogP contribution in [0, 0.1) is 24.7 Å². The zero-order valence-corrected chi connectivity index (χ0v) is 34.0. The molecule has 0 saturated heterocycles. The molecule has 1 atom stereocenters. The first-order chi connectivity index (χ1) is 24.9. The smallest absolute Gasteiger partial charge is 0.166 e. The largest absolute Gasteiger partial charge is 0.493 e. The van der Waals surface area contributed by atoms with E-state index >= 15 is 0 Å². The van der Waals surface area contributed by atoms with Crippen molar-refractivity contribution < 1.29 is 19.7 Å². The molecule has 2 N–H and O–H groups in total. The Kier molecular flexibility index (Phi) is 19.4. The zero-order chi connectivity index (χ0) is 38.6. The van der Waals surface area contributed by atoms with E-state index in [1.807, 2.05) is 12.1 Å². The highest BCUT2D eigenvalue weighted by atomic mass is 32.2. The molecular formula is C47H63O4S+. The zero-order valence-electron chi connectivity index (χ0n) is 33.2. The van der Waals surface area contributed by atoms with Gasteiger partial charge in [0.1, 0.15) is 11.5 Å². The molecule has 0 aliphatic heterocycles. The van der Waals surface area contributed by atoms with Crippen molar-refractivity contribution >= 4 is 10.9 Å². The molecule has 0 aliphatic rings. The lowest BCUT2D eigenvalue weighted by atomic mass is 9.69. The Hall–Kier alpha value is -4.03. The number of rotatable bonds is 11. The fourth-order valence-electron chi connectivity index (χ4n) is 5.60. The summed E-state index contributed by atoms with van der Waals surface area (Å²) in [6, 6.07) is 47.2. The lowest BCUT2D eigenvalue weighted by Gasteiger charge is -2.36. The quantitative estimate of drug-likeness (QED) is 0.105. The van der Waals surface area contributed by atoms with Crippen LogP contribution >= 0.6 is 0 Å². The van der Waals surface area contributed by atoms with E-state index in [0.29, 0.717) is 24.5 Å². The Morgan fingerprint density at radius 2 is 0.865 bits per heavy atom. The third-order valence-corrected chi connectivity index (χ3v) is 10.4. The molecule has 0 heterocycles. The molecule has 52 heavy (non-hydrogen) atoms. The Labute approximate surface area is 318 Å². The van der Waals surface area contributed by atoms with Crippen LogP contribution in [0.25, 0.3) is 0 Å². The first kappa shape index (κ1) is 44.1. The number of aliphatic hydroxyl groups excluding tert-OH is 2. The number of aliphatic hydroxyl groups is 2. The molecule has 0 radical (unpaired) electrons. The average Bonchev–Trinajstić information content (AvgIpc) is 3.15. The van der Waals surface area contributed by atoms with Gasteiger partial charge in [0.15, 0.2) is 14.7 Å². The summed E-state index contributed by atoms with van der Waals surface area (Å²) >= 11 is 0. The lowest BCUT2D eigenvalue weighted by molar-refractivity contribution is 0.228. The number of hydrogen-bond donors (Lipinski definition) is 2. The van der Waals surface area contributed by atoms with Gasteiger partial charge in [0, 0.05) is 20.6 Å². The van der Waals surface area contributed by atoms with Gasteiger partial charge < -0.3 is 19.7 Å². The fourth-order valence-corrected chi connectivity index (χ4v) is 7.69. The Morgan fingerprint density at radius 3 is 1.25 bits per heavy atom. The molecule has 5 heteroatoms. The van der Waals surface area contributed by atoms with Gasteiger partial charge in [-0.05, 0) is 103 Å². The van der Waals surface area contributed by atoms with E-state index in [4.69, 9.17) is 19.7 Å². The number of aryl methyl sites for hydroxylation is 2. The minimum Gasteiger partial charge on any atom is -0.493 e. The normalized spacial score (nSPS) is 11.5. The molecule has 5 aromatic carbocycles. The highest BCUT2D eigenvalue weighted by molar-refractivity contribution is 7.97. The van der Waals surface area contributed by atoms with Crippen molar-refractivity contribution in [3.8, 4) is 11.5 Å². The van der Waals surface area contributed by atoms with Gasteiger partial charge >= 0.3 is 0 Å². The maximum atomic E-state index is 7.00. The van der Waals surface area contributed by atoms with Crippen LogP contribution in [0.15, 0.2) is 148 Å². The van der Waals surface area contributed by atoms with E-state index < -0.39 is 0 Å². The average molecular weight is 724 g/mol. The van der Waals surface area contributed by atoms with E-state index in [2.05, 4.69) is 177 Å². The third-order valence-electron chi connectivity index (χ3n) is 8.21. The highest BCUT2D eigenvalue weighted by Gasteiger charge is 2.30. The Bertz CT molecular complexity index is 1580. The monoisotopic (exact) mass is 723 g/mol. The fraction of sp³-hybridized carbons (Fsp3) is 0.362. The van der Waals surface area contributed by atoms with Crippen molar-refractivity contribution in [3.63, 3.8) is 0 Å². The molecule has 0 aliphatic carbocycles. The number of hydrogen-bond acceptors (Lipinski definition) is 4. The van der Waals surface area contributed by atoms with Crippen molar-refractivity contribution in [2.45, 2.75) is 88.8 Å². The van der Waals surface area contributed by atoms with E-state index in [1.54, 1.807) is 0 Å². The Morgan fingerprint density at radius 1 is 0.500 bits per heavy atom. The first-order valence-corrected chi connectivity index (χ1v) is 19.3. The summed E-state index contributed by atoms with van der Waals surface area (Å²) in [4.78, 5) is 4.10. The second-order valence-electron chi connectivity index (χ2n) is 14.9. The van der Waals surface area contributed by atoms with Crippen molar-refractivity contribution in [2.24, 2.45) is 10.8 Å². The van der Waals surface area contributed by atoms with Crippen LogP contribution in [0.5, 0.6) is 11.5 Å². The molecule has 1 unspecified atom stereocenters. The van der Waals surface area contributed by atoms with Crippen LogP contribution in [0.1, 0.15) is 77.0 Å². The molecule has 0 spiro atoms. The van der Waals surface area contributed by atoms with Gasteiger partial charge in [0.25, 0.3) is 0 Å². The second-order valence-corrected chi connectivity index (χ2v) is 16.9. The second kappa shape index (κ2) is 22.8. The standard InChI is InChI=1S/C26H38O2.C19H17S.2CH4O/c1-20-9-13-22(14-10-20)27-17-8-18-28-23-15-11-21(12-16-23)24(26(5,6)7)19-25(2,3)4;1-16-12-14-19(15-13-16)20(17-8-4-2-5-9-17)18-10-6-3-7-11-18;2*1-2/h9-16,24H,8,17-19H2,1-7H3;2-15H,1H3;2*2H,1H3/q;+1;;. The van der Waals surface area contributed by atoms with Crippen molar-refractivity contribution in [1.82, 2.24) is 0 Å². The molecule has 0 bridgehead atoms. The molecule has 5 aromatic rings. The maximum absolute atomic E-state index is 7.00. The SMILES string of the molecule is CO.CO.Cc1ccc(OCCCOc2ccc(C(CC(C)(C)C)C(C)(C)C)cc2)cc1.Cc1ccc([S+](c2ccccc2)c2ccccc2)cc1. The van der Waals surface area contributed by atoms with E-state index in [-0.39, 0.29) is 16.3 Å². The summed E-state index contributed by atoms with van der Waals surface area (Å²) in [5.74, 6) is 2.38. The van der Waals surface area contributed by atoms with E-state index in [0.717, 1.165) is 32.1 Å². The van der Waals surface area contributed by atoms with Gasteiger partial charge in [-0.2, -0.15) is 0 Å². The summed E-state index contributed by atoms with van der Waals surface area (Å²) in [7, 11) is 1.98. The van der Waals surface area contributed by atoms with Crippen LogP contribution in [-0.4, -0.2) is 37.6 Å². The molecule has 5 rings (SSSR count). The predicted molar refractivity (Wildman–Crippen MR) is 222 cm³/mol. The summed E-state index contributed by atoms with van der Waals surface area (Å²) in [6.45, 7) is 19.5. The molecule has 280 valence electrons. The van der Waals surface area contributed by atoms with Crippen molar-refractivity contribution in [1.29, 1.82) is 0 Å². The van der Waals surface area contributed by atoms with Crippen LogP contribution in [0.2, 0.25) is 0 Å². The van der Waals surface area contributed by atoms with Crippen LogP contribution in [0.3, 0.4) is 0 Å². The van der Waals surface area contributed by atoms with Gasteiger partial charge in [0.2, 0.25) is 0 Å². The highest BCUT2D eigenvalue weighted by Crippen LogP contribution is 2.43. The van der Waals surface area contributed by atoms with Crippen LogP contribution in [-0.2, 0) is 10.9 Å². The van der Waals surface area contributed by atoms with E-state index in [1.165, 1.54) is 37.8 Å². The van der Waals surface area contributed by atoms with Gasteiger partial charge in [-0.25, -0.2) is 0 Å². The summed E-state index contributed by atoms with van der Waals surface area (Å²) < 4.78 is 11.7. The van der Waals surface area contributed by atoms with Crippen LogP contribution in [0.4, 0.5) is 0 Å². The molecule has 0 aromatic heterocycles. The van der Waals surface area contributed by atoms with E-state index in [9.17, 15) is 0 Å². The van der Waals surface area contributed by atoms with Gasteiger partial charge in [-0.15, -0.1) is 0 Å². The summed E-state index contributed by atoms with van der Waals surface area (Å²) in [6.07, 6.45) is 2.04. The molecule has 0 fully saturated rings. The van der Waals surface area contributed by atoms with Crippen molar-refractivity contribution in [3.05, 3.63) is 150 Å². The maximum Gasteiger partial charge on any atom is 0.166 e. The Balaban J connectivity index is 0.000000342. The summed E-state index contributed by atoms with van der Waals surface area (Å²) in [5, 5.41) is 14.0.